The maximum absolute atomic E-state index is 13.5. The number of β-lactam (4-membered cyclic amide) rings is 1. The number of carboxylic acids is 1. The highest BCUT2D eigenvalue weighted by Crippen LogP contribution is 2.35. The number of amidine groups is 1. The van der Waals surface area contributed by atoms with E-state index >= 15 is 0 Å². The van der Waals surface area contributed by atoms with Gasteiger partial charge in [-0.05, 0) is 76.8 Å². The third kappa shape index (κ3) is 7.66. The average molecular weight is 739 g/mol. The van der Waals surface area contributed by atoms with Gasteiger partial charge in [-0.3, -0.25) is 19.1 Å². The Labute approximate surface area is 290 Å². The predicted octanol–water partition coefficient (Wildman–Crippen LogP) is -0.659. The first-order valence-electron chi connectivity index (χ1n) is 15.4. The topological polar surface area (TPSA) is 291 Å². The molecule has 5 atom stereocenters. The Balaban J connectivity index is 1.34. The van der Waals surface area contributed by atoms with Crippen LogP contribution in [0.5, 0.6) is 5.75 Å². The number of ether oxygens (including phenoxy) is 1. The molecule has 2 amide bonds. The summed E-state index contributed by atoms with van der Waals surface area (Å²) in [7, 11) is -5.03. The molecule has 4 heterocycles. The van der Waals surface area contributed by atoms with Crippen molar-refractivity contribution < 1.29 is 51.4 Å². The number of fused-ring (bicyclic) bond motifs is 1. The molecule has 9 N–H and O–H groups in total. The molecule has 2 aromatic rings. The number of thiazole rings is 1. The number of nitrogens with zero attached hydrogens (tertiary/aromatic N) is 4. The van der Waals surface area contributed by atoms with E-state index in [9.17, 15) is 33.0 Å². The van der Waals surface area contributed by atoms with Gasteiger partial charge in [-0.15, -0.1) is 15.6 Å². The summed E-state index contributed by atoms with van der Waals surface area (Å²) >= 11 is 0.959. The normalized spacial score (nSPS) is 25.1. The molecule has 21 heteroatoms. The highest BCUT2D eigenvalue weighted by atomic mass is 32.3. The largest absolute Gasteiger partial charge is 0.485 e. The van der Waals surface area contributed by atoms with Gasteiger partial charge >= 0.3 is 16.4 Å². The van der Waals surface area contributed by atoms with Crippen LogP contribution in [0.2, 0.25) is 0 Å². The fourth-order valence-electron chi connectivity index (χ4n) is 5.84. The fraction of sp³-hybridized carbons (Fsp3) is 0.517. The van der Waals surface area contributed by atoms with Crippen LogP contribution in [0.1, 0.15) is 56.9 Å². The molecule has 2 fully saturated rings. The molecule has 272 valence electrons. The number of nitrogens with one attached hydrogen (secondary N) is 2. The van der Waals surface area contributed by atoms with Crippen LogP contribution in [0, 0.1) is 0 Å². The van der Waals surface area contributed by atoms with Gasteiger partial charge in [-0.1, -0.05) is 5.16 Å². The number of anilines is 1. The molecule has 0 radical (unpaired) electrons. The van der Waals surface area contributed by atoms with Gasteiger partial charge in [-0.25, -0.2) is 9.78 Å². The molecule has 3 aliphatic rings. The van der Waals surface area contributed by atoms with E-state index in [4.69, 9.17) is 25.6 Å². The number of aliphatic carboxylic acids is 1. The van der Waals surface area contributed by atoms with E-state index in [1.54, 1.807) is 12.1 Å². The maximum atomic E-state index is 13.5. The second-order valence-corrected chi connectivity index (χ2v) is 14.6. The number of hydroxylamine groups is 2. The first-order chi connectivity index (χ1) is 23.4. The van der Waals surface area contributed by atoms with E-state index in [1.807, 2.05) is 6.07 Å². The van der Waals surface area contributed by atoms with Gasteiger partial charge in [0.1, 0.15) is 23.3 Å². The molecular formula is C29H38N8O11S2. The molecule has 2 saturated heterocycles. The lowest BCUT2D eigenvalue weighted by molar-refractivity contribution is -0.218. The number of aryl methyl sites for hydroxylation is 1. The van der Waals surface area contributed by atoms with Crippen molar-refractivity contribution in [1.82, 2.24) is 20.7 Å². The van der Waals surface area contributed by atoms with E-state index in [1.165, 1.54) is 26.2 Å². The molecule has 0 spiro atoms. The number of aliphatic hydroxyl groups excluding tert-OH is 1. The molecule has 0 saturated carbocycles. The molecule has 3 aliphatic heterocycles. The summed E-state index contributed by atoms with van der Waals surface area (Å²) in [6.07, 6.45) is 0.917. The number of oxime groups is 1. The van der Waals surface area contributed by atoms with Crippen molar-refractivity contribution in [2.24, 2.45) is 15.9 Å². The average Bonchev–Trinajstić information content (AvgIpc) is 3.50. The van der Waals surface area contributed by atoms with Crippen molar-refractivity contribution in [2.45, 2.75) is 81.8 Å². The number of aliphatic hydroxyl groups is 1. The lowest BCUT2D eigenvalue weighted by Gasteiger charge is -2.50. The number of piperidine rings is 1. The van der Waals surface area contributed by atoms with Crippen LogP contribution in [-0.2, 0) is 40.3 Å². The van der Waals surface area contributed by atoms with Crippen molar-refractivity contribution in [2.75, 3.05) is 18.9 Å². The molecule has 1 unspecified atom stereocenters. The number of carbonyl (C=O) groups excluding carboxylic acids is 2. The van der Waals surface area contributed by atoms with Crippen LogP contribution < -0.4 is 26.8 Å². The number of benzene rings is 1. The van der Waals surface area contributed by atoms with Gasteiger partial charge in [0, 0.05) is 17.0 Å². The van der Waals surface area contributed by atoms with Crippen molar-refractivity contribution in [3.63, 3.8) is 0 Å². The number of nitrogens with two attached hydrogens (primary N) is 2. The molecule has 0 aliphatic carbocycles. The summed E-state index contributed by atoms with van der Waals surface area (Å²) in [4.78, 5) is 53.0. The van der Waals surface area contributed by atoms with Crippen LogP contribution in [0.25, 0.3) is 0 Å². The molecule has 1 aromatic heterocycles. The molecular weight excluding hydrogens is 700 g/mol. The molecule has 5 rings (SSSR count). The quantitative estimate of drug-likeness (QED) is 0.0468. The molecule has 19 nitrogen and oxygen atoms in total. The Morgan fingerprint density at radius 3 is 2.68 bits per heavy atom. The summed E-state index contributed by atoms with van der Waals surface area (Å²) in [5.74, 6) is -2.74. The fourth-order valence-corrected chi connectivity index (χ4v) is 6.84. The van der Waals surface area contributed by atoms with E-state index in [0.717, 1.165) is 29.9 Å². The van der Waals surface area contributed by atoms with Crippen LogP contribution in [0.4, 0.5) is 5.13 Å². The number of amides is 2. The Bertz CT molecular complexity index is 1830. The minimum atomic E-state index is -5.03. The Hall–Kier alpha value is -4.41. The highest BCUT2D eigenvalue weighted by molar-refractivity contribution is 7.80. The van der Waals surface area contributed by atoms with Crippen molar-refractivity contribution in [1.29, 1.82) is 0 Å². The van der Waals surface area contributed by atoms with Crippen LogP contribution in [-0.4, -0.2) is 111 Å². The van der Waals surface area contributed by atoms with E-state index < -0.39 is 57.2 Å². The number of carboxylic acid groups (broad SMARTS) is 1. The minimum Gasteiger partial charge on any atom is -0.485 e. The second-order valence-electron chi connectivity index (χ2n) is 12.7. The summed E-state index contributed by atoms with van der Waals surface area (Å²) in [6.45, 7) is 4.70. The zero-order valence-corrected chi connectivity index (χ0v) is 28.9. The first-order valence-corrected chi connectivity index (χ1v) is 17.7. The first kappa shape index (κ1) is 36.9. The SMILES string of the molecule is CC(O/N=C(\C(=O)N[C@@H]1C(=O)N(OS(=O)(=O)O)C1(C)C)c1csc(N)n1)(C(=O)O)[C@H]1CCc2cc(C(N)=N[C@@H]3CCN[C@@H](CO)C3)ccc2O1. The lowest BCUT2D eigenvalue weighted by Crippen LogP contribution is -2.76. The van der Waals surface area contributed by atoms with Crippen molar-refractivity contribution >= 4 is 56.2 Å². The standard InChI is InChI=1S/C29H38N8O11S2/c1-28(2)22(25(40)37(28)48-50(43,44)45)35-24(39)21(18-13-49-27(31)34-18)36-47-29(3,26(41)42)20-7-5-14-10-15(4-6-19(14)46-20)23(30)33-16-8-9-32-17(11-16)12-38/h4,6,10,13,16-17,20,22,32,38H,5,7-9,11-12H2,1-3H3,(H2,30,33)(H2,31,34)(H,35,39)(H,41,42)(H,43,44,45)/b36-21-/t16-,17-,20-,22-,29?/m1/s1. The van der Waals surface area contributed by atoms with Gasteiger partial charge < -0.3 is 41.9 Å². The minimum absolute atomic E-state index is 0.0120. The highest BCUT2D eigenvalue weighted by Gasteiger charge is 2.58. The van der Waals surface area contributed by atoms with Crippen molar-refractivity contribution in [3.05, 3.63) is 40.4 Å². The Kier molecular flexibility index (Phi) is 10.4. The number of aromatic nitrogens is 1. The predicted molar refractivity (Wildman–Crippen MR) is 177 cm³/mol. The third-order valence-corrected chi connectivity index (χ3v) is 9.79. The Morgan fingerprint density at radius 1 is 1.32 bits per heavy atom. The number of hydrogen-bond donors (Lipinski definition) is 7. The van der Waals surface area contributed by atoms with E-state index in [0.29, 0.717) is 35.1 Å². The van der Waals surface area contributed by atoms with Crippen LogP contribution in [0.15, 0.2) is 33.7 Å². The smallest absolute Gasteiger partial charge is 0.418 e. The number of nitrogen functional groups attached to an aromatic ring is 1. The maximum Gasteiger partial charge on any atom is 0.418 e. The van der Waals surface area contributed by atoms with E-state index in [-0.39, 0.29) is 35.9 Å². The zero-order chi connectivity index (χ0) is 36.6. The lowest BCUT2D eigenvalue weighted by atomic mass is 9.84. The number of hydrogen-bond acceptors (Lipinski definition) is 15. The van der Waals surface area contributed by atoms with Gasteiger partial charge in [-0.2, -0.15) is 13.5 Å². The summed E-state index contributed by atoms with van der Waals surface area (Å²) in [6, 6.07) is 3.77. The summed E-state index contributed by atoms with van der Waals surface area (Å²) < 4.78 is 41.8. The van der Waals surface area contributed by atoms with Gasteiger partial charge in [0.05, 0.1) is 18.2 Å². The van der Waals surface area contributed by atoms with Gasteiger partial charge in [0.2, 0.25) is 0 Å². The number of aliphatic imine (C=N–C) groups is 1. The Morgan fingerprint density at radius 2 is 2.06 bits per heavy atom. The van der Waals surface area contributed by atoms with Gasteiger partial charge in [0.25, 0.3) is 17.4 Å². The zero-order valence-electron chi connectivity index (χ0n) is 27.2. The van der Waals surface area contributed by atoms with Crippen LogP contribution >= 0.6 is 11.3 Å². The molecule has 1 aromatic carbocycles. The summed E-state index contributed by atoms with van der Waals surface area (Å²) in [5, 5.41) is 31.1. The molecule has 50 heavy (non-hydrogen) atoms. The number of carbonyl (C=O) groups is 3. The van der Waals surface area contributed by atoms with Crippen LogP contribution in [0.3, 0.4) is 0 Å². The monoisotopic (exact) mass is 738 g/mol. The molecule has 0 bridgehead atoms. The third-order valence-electron chi connectivity index (χ3n) is 8.78. The summed E-state index contributed by atoms with van der Waals surface area (Å²) in [5.41, 5.74) is 9.33. The number of rotatable bonds is 12. The second kappa shape index (κ2) is 14.1. The van der Waals surface area contributed by atoms with E-state index in [2.05, 4.69) is 30.0 Å². The van der Waals surface area contributed by atoms with Crippen molar-refractivity contribution in [3.8, 4) is 5.75 Å². The van der Waals surface area contributed by atoms with Gasteiger partial charge in [0.15, 0.2) is 16.9 Å².